The van der Waals surface area contributed by atoms with Gasteiger partial charge in [0.25, 0.3) is 0 Å². The van der Waals surface area contributed by atoms with Crippen LogP contribution < -0.4 is 5.32 Å². The number of rotatable bonds is 3. The van der Waals surface area contributed by atoms with Crippen LogP contribution in [0.3, 0.4) is 0 Å². The molecule has 0 bridgehead atoms. The van der Waals surface area contributed by atoms with Gasteiger partial charge in [-0.3, -0.25) is 0 Å². The average molecular weight is 215 g/mol. The van der Waals surface area contributed by atoms with Crippen LogP contribution in [-0.4, -0.2) is 6.04 Å². The molecular formula is C15H21N. The normalized spacial score (nSPS) is 22.0. The number of nitrogens with one attached hydrogen (secondary N) is 1. The molecule has 0 radical (unpaired) electrons. The largest absolute Gasteiger partial charge is 0.304 e. The van der Waals surface area contributed by atoms with Crippen LogP contribution in [0, 0.1) is 6.92 Å². The Labute approximate surface area is 98.6 Å². The number of hydrogen-bond acceptors (Lipinski definition) is 1. The molecule has 0 aliphatic heterocycles. The highest BCUT2D eigenvalue weighted by molar-refractivity contribution is 5.28. The molecule has 16 heavy (non-hydrogen) atoms. The molecular weight excluding hydrogens is 194 g/mol. The molecule has 2 atom stereocenters. The molecule has 0 saturated carbocycles. The summed E-state index contributed by atoms with van der Waals surface area (Å²) >= 11 is 0. The van der Waals surface area contributed by atoms with Crippen molar-refractivity contribution >= 4 is 0 Å². The predicted octanol–water partition coefficient (Wildman–Crippen LogP) is 3.75. The van der Waals surface area contributed by atoms with Crippen LogP contribution in [0.4, 0.5) is 0 Å². The third-order valence-corrected chi connectivity index (χ3v) is 3.37. The van der Waals surface area contributed by atoms with Gasteiger partial charge in [0.2, 0.25) is 0 Å². The maximum absolute atomic E-state index is 3.69. The van der Waals surface area contributed by atoms with Crippen molar-refractivity contribution in [3.05, 3.63) is 47.5 Å². The molecule has 1 N–H and O–H groups in total. The maximum Gasteiger partial charge on any atom is 0.0299 e. The lowest BCUT2D eigenvalue weighted by Crippen LogP contribution is -2.31. The molecule has 1 nitrogen and oxygen atoms in total. The number of allylic oxidation sites excluding steroid dienone is 1. The highest BCUT2D eigenvalue weighted by atomic mass is 14.9. The molecule has 1 aliphatic carbocycles. The molecule has 1 aromatic carbocycles. The minimum absolute atomic E-state index is 0.439. The van der Waals surface area contributed by atoms with Gasteiger partial charge in [0.1, 0.15) is 0 Å². The van der Waals surface area contributed by atoms with E-state index in [0.29, 0.717) is 12.1 Å². The molecule has 0 heterocycles. The summed E-state index contributed by atoms with van der Waals surface area (Å²) in [6.07, 6.45) is 8.45. The summed E-state index contributed by atoms with van der Waals surface area (Å²) in [5.74, 6) is 0. The summed E-state index contributed by atoms with van der Waals surface area (Å²) in [5.41, 5.74) is 2.80. The lowest BCUT2D eigenvalue weighted by Gasteiger charge is -2.24. The molecule has 0 saturated heterocycles. The first-order valence-corrected chi connectivity index (χ1v) is 6.25. The van der Waals surface area contributed by atoms with Gasteiger partial charge in [-0.1, -0.05) is 36.4 Å². The first-order chi connectivity index (χ1) is 7.77. The van der Waals surface area contributed by atoms with Gasteiger partial charge in [-0.2, -0.15) is 0 Å². The zero-order chi connectivity index (χ0) is 11.4. The summed E-state index contributed by atoms with van der Waals surface area (Å²) in [6.45, 7) is 4.44. The minimum Gasteiger partial charge on any atom is -0.304 e. The van der Waals surface area contributed by atoms with Gasteiger partial charge in [-0.15, -0.1) is 0 Å². The molecule has 0 fully saturated rings. The van der Waals surface area contributed by atoms with Crippen molar-refractivity contribution in [1.82, 2.24) is 5.32 Å². The Hall–Kier alpha value is -1.08. The van der Waals surface area contributed by atoms with Crippen LogP contribution >= 0.6 is 0 Å². The summed E-state index contributed by atoms with van der Waals surface area (Å²) in [6, 6.07) is 9.63. The fourth-order valence-electron chi connectivity index (χ4n) is 2.43. The number of hydrogen-bond donors (Lipinski definition) is 1. The zero-order valence-corrected chi connectivity index (χ0v) is 10.2. The van der Waals surface area contributed by atoms with Crippen molar-refractivity contribution in [1.29, 1.82) is 0 Å². The van der Waals surface area contributed by atoms with E-state index in [0.717, 1.165) is 0 Å². The molecule has 2 rings (SSSR count). The second-order valence-electron chi connectivity index (χ2n) is 4.71. The highest BCUT2D eigenvalue weighted by Crippen LogP contribution is 2.19. The van der Waals surface area contributed by atoms with E-state index in [1.54, 1.807) is 0 Å². The Bertz CT molecular complexity index is 367. The van der Waals surface area contributed by atoms with Crippen molar-refractivity contribution in [2.24, 2.45) is 0 Å². The maximum atomic E-state index is 3.69. The van der Waals surface area contributed by atoms with Crippen LogP contribution in [0.1, 0.15) is 43.4 Å². The molecule has 86 valence electrons. The Morgan fingerprint density at radius 3 is 2.81 bits per heavy atom. The summed E-state index contributed by atoms with van der Waals surface area (Å²) in [5, 5.41) is 3.69. The van der Waals surface area contributed by atoms with Crippen molar-refractivity contribution in [2.45, 2.75) is 45.2 Å². The minimum atomic E-state index is 0.439. The van der Waals surface area contributed by atoms with Gasteiger partial charge in [0.15, 0.2) is 0 Å². The van der Waals surface area contributed by atoms with E-state index in [1.807, 2.05) is 0 Å². The first kappa shape index (κ1) is 11.4. The standard InChI is InChI=1S/C15H21N/c1-12-8-6-7-11-15(12)13(2)16-14-9-4-3-5-10-14/h4,6-9,11,13-14,16H,3,5,10H2,1-2H3/t13-,14?/m1/s1. The zero-order valence-electron chi connectivity index (χ0n) is 10.2. The summed E-state index contributed by atoms with van der Waals surface area (Å²) < 4.78 is 0. The van der Waals surface area contributed by atoms with Gasteiger partial charge in [0, 0.05) is 12.1 Å². The van der Waals surface area contributed by atoms with Crippen molar-refractivity contribution in [3.63, 3.8) is 0 Å². The molecule has 1 aliphatic rings. The predicted molar refractivity (Wildman–Crippen MR) is 69.5 cm³/mol. The number of aryl methyl sites for hydroxylation is 1. The van der Waals surface area contributed by atoms with Crippen molar-refractivity contribution in [2.75, 3.05) is 0 Å². The van der Waals surface area contributed by atoms with Crippen LogP contribution in [0.15, 0.2) is 36.4 Å². The quantitative estimate of drug-likeness (QED) is 0.757. The molecule has 0 aromatic heterocycles. The highest BCUT2D eigenvalue weighted by Gasteiger charge is 2.13. The summed E-state index contributed by atoms with van der Waals surface area (Å²) in [7, 11) is 0. The van der Waals surface area contributed by atoms with Gasteiger partial charge in [-0.25, -0.2) is 0 Å². The lowest BCUT2D eigenvalue weighted by atomic mass is 9.98. The van der Waals surface area contributed by atoms with Gasteiger partial charge >= 0.3 is 0 Å². The topological polar surface area (TPSA) is 12.0 Å². The fourth-order valence-corrected chi connectivity index (χ4v) is 2.43. The first-order valence-electron chi connectivity index (χ1n) is 6.25. The van der Waals surface area contributed by atoms with Crippen LogP contribution in [0.2, 0.25) is 0 Å². The van der Waals surface area contributed by atoms with Gasteiger partial charge < -0.3 is 5.32 Å². The molecule has 1 unspecified atom stereocenters. The van der Waals surface area contributed by atoms with Crippen molar-refractivity contribution < 1.29 is 0 Å². The lowest BCUT2D eigenvalue weighted by molar-refractivity contribution is 0.466. The Balaban J connectivity index is 2.02. The monoisotopic (exact) mass is 215 g/mol. The smallest absolute Gasteiger partial charge is 0.0299 e. The molecule has 1 aromatic rings. The average Bonchev–Trinajstić information content (AvgIpc) is 2.31. The second kappa shape index (κ2) is 5.31. The molecule has 0 amide bonds. The number of benzene rings is 1. The Kier molecular flexibility index (Phi) is 3.79. The molecule has 0 spiro atoms. The van der Waals surface area contributed by atoms with E-state index in [4.69, 9.17) is 0 Å². The Morgan fingerprint density at radius 2 is 2.12 bits per heavy atom. The van der Waals surface area contributed by atoms with E-state index in [9.17, 15) is 0 Å². The molecule has 1 heteroatoms. The SMILES string of the molecule is Cc1ccccc1[C@@H](C)NC1C=CCCC1. The van der Waals surface area contributed by atoms with Gasteiger partial charge in [-0.05, 0) is 44.2 Å². The van der Waals surface area contributed by atoms with E-state index < -0.39 is 0 Å². The van der Waals surface area contributed by atoms with E-state index in [1.165, 1.54) is 30.4 Å². The Morgan fingerprint density at radius 1 is 1.31 bits per heavy atom. The third kappa shape index (κ3) is 2.73. The van der Waals surface area contributed by atoms with E-state index in [-0.39, 0.29) is 0 Å². The van der Waals surface area contributed by atoms with E-state index >= 15 is 0 Å². The van der Waals surface area contributed by atoms with Crippen molar-refractivity contribution in [3.8, 4) is 0 Å². The van der Waals surface area contributed by atoms with Crippen LogP contribution in [0.5, 0.6) is 0 Å². The second-order valence-corrected chi connectivity index (χ2v) is 4.71. The fraction of sp³-hybridized carbons (Fsp3) is 0.467. The third-order valence-electron chi connectivity index (χ3n) is 3.37. The van der Waals surface area contributed by atoms with Gasteiger partial charge in [0.05, 0.1) is 0 Å². The van der Waals surface area contributed by atoms with Crippen LogP contribution in [-0.2, 0) is 0 Å². The summed E-state index contributed by atoms with van der Waals surface area (Å²) in [4.78, 5) is 0. The van der Waals surface area contributed by atoms with Crippen LogP contribution in [0.25, 0.3) is 0 Å². The van der Waals surface area contributed by atoms with E-state index in [2.05, 4.69) is 55.6 Å².